The zero-order valence-electron chi connectivity index (χ0n) is 12.8. The molecule has 1 aromatic rings. The maximum absolute atomic E-state index is 14.0. The molecule has 1 N–H and O–H groups in total. The number of nitrogens with one attached hydrogen (secondary N) is 1. The third-order valence-electron chi connectivity index (χ3n) is 5.09. The minimum atomic E-state index is -0.244. The topological polar surface area (TPSA) is 15.3 Å². The predicted octanol–water partition coefficient (Wildman–Crippen LogP) is 4.40. The van der Waals surface area contributed by atoms with E-state index in [4.69, 9.17) is 11.6 Å². The van der Waals surface area contributed by atoms with E-state index < -0.39 is 0 Å². The van der Waals surface area contributed by atoms with Crippen molar-refractivity contribution >= 4 is 17.3 Å². The molecule has 1 aromatic carbocycles. The molecule has 0 radical (unpaired) electrons. The van der Waals surface area contributed by atoms with Crippen LogP contribution in [0.1, 0.15) is 33.1 Å². The van der Waals surface area contributed by atoms with Crippen molar-refractivity contribution in [3.8, 4) is 0 Å². The molecule has 1 aliphatic carbocycles. The number of rotatable bonds is 3. The minimum Gasteiger partial charge on any atom is -0.379 e. The number of nitrogens with zero attached hydrogens (tertiary/aromatic N) is 1. The highest BCUT2D eigenvalue weighted by Crippen LogP contribution is 2.37. The lowest BCUT2D eigenvalue weighted by atomic mass is 9.73. The first-order valence-electron chi connectivity index (χ1n) is 8.00. The normalized spacial score (nSPS) is 29.7. The Bertz CT molecular complexity index is 492. The molecule has 1 aliphatic heterocycles. The molecule has 21 heavy (non-hydrogen) atoms. The van der Waals surface area contributed by atoms with Crippen molar-refractivity contribution in [2.75, 3.05) is 18.4 Å². The minimum absolute atomic E-state index is 0.244. The summed E-state index contributed by atoms with van der Waals surface area (Å²) in [5.41, 5.74) is 0.597. The number of hydrogen-bond acceptors (Lipinski definition) is 2. The standard InChI is InChI=1S/C17H24ClFN2/c1-11(2)21-9-12-4-3-5-13(10-21)17(12)20-16-7-6-14(18)8-15(16)19/h6-8,11-13,17,20H,3-5,9-10H2,1-2H3. The van der Waals surface area contributed by atoms with Crippen LogP contribution in [0, 0.1) is 17.7 Å². The van der Waals surface area contributed by atoms with Crippen molar-refractivity contribution in [3.05, 3.63) is 29.0 Å². The van der Waals surface area contributed by atoms with Crippen molar-refractivity contribution in [1.29, 1.82) is 0 Å². The maximum atomic E-state index is 14.0. The van der Waals surface area contributed by atoms with E-state index in [1.165, 1.54) is 25.3 Å². The first-order valence-corrected chi connectivity index (χ1v) is 8.38. The quantitative estimate of drug-likeness (QED) is 0.890. The van der Waals surface area contributed by atoms with E-state index in [1.807, 2.05) is 0 Å². The Morgan fingerprint density at radius 1 is 1.24 bits per heavy atom. The molecule has 2 atom stereocenters. The lowest BCUT2D eigenvalue weighted by Crippen LogP contribution is -2.56. The van der Waals surface area contributed by atoms with E-state index in [-0.39, 0.29) is 5.82 Å². The van der Waals surface area contributed by atoms with Crippen molar-refractivity contribution in [2.24, 2.45) is 11.8 Å². The fraction of sp³-hybridized carbons (Fsp3) is 0.647. The number of anilines is 1. The van der Waals surface area contributed by atoms with Crippen LogP contribution < -0.4 is 5.32 Å². The molecule has 2 aliphatic rings. The molecule has 0 amide bonds. The van der Waals surface area contributed by atoms with Crippen LogP contribution in [0.4, 0.5) is 10.1 Å². The predicted molar refractivity (Wildman–Crippen MR) is 86.4 cm³/mol. The Labute approximate surface area is 131 Å². The largest absolute Gasteiger partial charge is 0.379 e. The average molecular weight is 311 g/mol. The molecule has 116 valence electrons. The first-order chi connectivity index (χ1) is 10.0. The molecule has 1 saturated carbocycles. The zero-order valence-corrected chi connectivity index (χ0v) is 13.5. The van der Waals surface area contributed by atoms with Crippen molar-refractivity contribution in [3.63, 3.8) is 0 Å². The SMILES string of the molecule is CC(C)N1CC2CCCC(C1)C2Nc1ccc(Cl)cc1F. The molecular weight excluding hydrogens is 287 g/mol. The van der Waals surface area contributed by atoms with E-state index in [9.17, 15) is 4.39 Å². The summed E-state index contributed by atoms with van der Waals surface area (Å²) >= 11 is 5.83. The lowest BCUT2D eigenvalue weighted by Gasteiger charge is -2.49. The second-order valence-electron chi connectivity index (χ2n) is 6.79. The Morgan fingerprint density at radius 3 is 2.48 bits per heavy atom. The second kappa shape index (κ2) is 6.13. The summed E-state index contributed by atoms with van der Waals surface area (Å²) in [6.07, 6.45) is 3.79. The molecule has 2 bridgehead atoms. The third-order valence-corrected chi connectivity index (χ3v) is 5.32. The van der Waals surface area contributed by atoms with Crippen molar-refractivity contribution < 1.29 is 4.39 Å². The smallest absolute Gasteiger partial charge is 0.147 e. The van der Waals surface area contributed by atoms with E-state index in [0.717, 1.165) is 13.1 Å². The molecule has 2 nitrogen and oxygen atoms in total. The van der Waals surface area contributed by atoms with E-state index >= 15 is 0 Å². The van der Waals surface area contributed by atoms with Crippen LogP contribution in [-0.2, 0) is 0 Å². The molecule has 2 fully saturated rings. The van der Waals surface area contributed by atoms with Crippen molar-refractivity contribution in [2.45, 2.75) is 45.2 Å². The fourth-order valence-corrected chi connectivity index (χ4v) is 4.08. The Hall–Kier alpha value is -0.800. The number of benzene rings is 1. The van der Waals surface area contributed by atoms with Gasteiger partial charge in [-0.2, -0.15) is 0 Å². The Kier molecular flexibility index (Phi) is 4.41. The molecule has 3 rings (SSSR count). The number of likely N-dealkylation sites (tertiary alicyclic amines) is 1. The van der Waals surface area contributed by atoms with E-state index in [1.54, 1.807) is 12.1 Å². The van der Waals surface area contributed by atoms with Crippen LogP contribution in [0.2, 0.25) is 5.02 Å². The van der Waals surface area contributed by atoms with E-state index in [0.29, 0.717) is 34.6 Å². The molecule has 4 heteroatoms. The first kappa shape index (κ1) is 15.1. The van der Waals surface area contributed by atoms with Gasteiger partial charge in [-0.15, -0.1) is 0 Å². The summed E-state index contributed by atoms with van der Waals surface area (Å²) in [5, 5.41) is 3.93. The van der Waals surface area contributed by atoms with E-state index in [2.05, 4.69) is 24.1 Å². The number of fused-ring (bicyclic) bond motifs is 2. The van der Waals surface area contributed by atoms with Gasteiger partial charge in [0.1, 0.15) is 5.82 Å². The monoisotopic (exact) mass is 310 g/mol. The average Bonchev–Trinajstić information content (AvgIpc) is 2.41. The van der Waals surface area contributed by atoms with Gasteiger partial charge in [0.25, 0.3) is 0 Å². The van der Waals surface area contributed by atoms with Gasteiger partial charge in [0.2, 0.25) is 0 Å². The van der Waals surface area contributed by atoms with Crippen LogP contribution in [0.3, 0.4) is 0 Å². The summed E-state index contributed by atoms with van der Waals surface area (Å²) in [6, 6.07) is 5.91. The van der Waals surface area contributed by atoms with Crippen LogP contribution >= 0.6 is 11.6 Å². The van der Waals surface area contributed by atoms with Gasteiger partial charge in [-0.25, -0.2) is 4.39 Å². The highest BCUT2D eigenvalue weighted by molar-refractivity contribution is 6.30. The molecular formula is C17H24ClFN2. The molecule has 1 saturated heterocycles. The van der Waals surface area contributed by atoms with Crippen LogP contribution in [-0.4, -0.2) is 30.1 Å². The van der Waals surface area contributed by atoms with Crippen LogP contribution in [0.15, 0.2) is 18.2 Å². The van der Waals surface area contributed by atoms with Gasteiger partial charge in [-0.05, 0) is 56.7 Å². The second-order valence-corrected chi connectivity index (χ2v) is 7.23. The summed E-state index contributed by atoms with van der Waals surface area (Å²) in [4.78, 5) is 2.57. The van der Waals surface area contributed by atoms with Gasteiger partial charge < -0.3 is 10.2 Å². The molecule has 0 aromatic heterocycles. The van der Waals surface area contributed by atoms with Gasteiger partial charge in [0, 0.05) is 30.2 Å². The fourth-order valence-electron chi connectivity index (χ4n) is 3.92. The maximum Gasteiger partial charge on any atom is 0.147 e. The highest BCUT2D eigenvalue weighted by atomic mass is 35.5. The van der Waals surface area contributed by atoms with Gasteiger partial charge in [-0.1, -0.05) is 18.0 Å². The highest BCUT2D eigenvalue weighted by Gasteiger charge is 2.40. The number of piperidine rings is 1. The number of halogens is 2. The van der Waals surface area contributed by atoms with Crippen LogP contribution in [0.5, 0.6) is 0 Å². The van der Waals surface area contributed by atoms with Gasteiger partial charge in [0.05, 0.1) is 5.69 Å². The third kappa shape index (κ3) is 3.19. The molecule has 1 heterocycles. The molecule has 0 spiro atoms. The van der Waals surface area contributed by atoms with Crippen molar-refractivity contribution in [1.82, 2.24) is 4.90 Å². The zero-order chi connectivity index (χ0) is 15.0. The Balaban J connectivity index is 1.76. The van der Waals surface area contributed by atoms with Crippen LogP contribution in [0.25, 0.3) is 0 Å². The summed E-state index contributed by atoms with van der Waals surface area (Å²) in [6.45, 7) is 6.78. The summed E-state index contributed by atoms with van der Waals surface area (Å²) in [5.74, 6) is 0.997. The number of hydrogen-bond donors (Lipinski definition) is 1. The lowest BCUT2D eigenvalue weighted by molar-refractivity contribution is 0.0517. The molecule has 2 unspecified atom stereocenters. The summed E-state index contributed by atoms with van der Waals surface area (Å²) in [7, 11) is 0. The summed E-state index contributed by atoms with van der Waals surface area (Å²) < 4.78 is 14.0. The Morgan fingerprint density at radius 2 is 1.90 bits per heavy atom. The van der Waals surface area contributed by atoms with Gasteiger partial charge in [0.15, 0.2) is 0 Å². The van der Waals surface area contributed by atoms with Gasteiger partial charge in [-0.3, -0.25) is 0 Å². The van der Waals surface area contributed by atoms with Gasteiger partial charge >= 0.3 is 0 Å².